The maximum absolute atomic E-state index is 12.7. The summed E-state index contributed by atoms with van der Waals surface area (Å²) in [4.78, 5) is 24.4. The number of fused-ring (bicyclic) bond motifs is 1. The van der Waals surface area contributed by atoms with E-state index in [1.165, 1.54) is 0 Å². The van der Waals surface area contributed by atoms with Crippen molar-refractivity contribution in [3.05, 3.63) is 40.9 Å². The fraction of sp³-hybridized carbons (Fsp3) is 0.412. The van der Waals surface area contributed by atoms with Gasteiger partial charge in [-0.05, 0) is 48.3 Å². The highest BCUT2D eigenvalue weighted by Gasteiger charge is 2.62. The second-order valence-electron chi connectivity index (χ2n) is 6.49. The van der Waals surface area contributed by atoms with Crippen LogP contribution in [0.3, 0.4) is 0 Å². The molecule has 2 bridgehead atoms. The molecule has 4 aliphatic rings. The van der Waals surface area contributed by atoms with E-state index in [9.17, 15) is 14.7 Å². The highest BCUT2D eigenvalue weighted by Crippen LogP contribution is 2.63. The molecule has 1 aromatic rings. The lowest BCUT2D eigenvalue weighted by molar-refractivity contribution is -0.152. The van der Waals surface area contributed by atoms with E-state index < -0.39 is 17.8 Å². The minimum Gasteiger partial charge on any atom is -0.481 e. The number of hydrogen-bond acceptors (Lipinski definition) is 2. The van der Waals surface area contributed by atoms with Crippen LogP contribution in [-0.4, -0.2) is 17.0 Å². The first-order valence-electron chi connectivity index (χ1n) is 7.54. The van der Waals surface area contributed by atoms with Gasteiger partial charge in [0.25, 0.3) is 0 Å². The molecule has 5 heteroatoms. The predicted molar refractivity (Wildman–Crippen MR) is 85.1 cm³/mol. The monoisotopic (exact) mass is 361 g/mol. The van der Waals surface area contributed by atoms with Gasteiger partial charge in [0.1, 0.15) is 0 Å². The van der Waals surface area contributed by atoms with Crippen molar-refractivity contribution in [2.45, 2.75) is 6.42 Å². The summed E-state index contributed by atoms with van der Waals surface area (Å²) < 4.78 is 0.882. The molecule has 4 aliphatic carbocycles. The second kappa shape index (κ2) is 4.95. The highest BCUT2D eigenvalue weighted by atomic mass is 79.9. The van der Waals surface area contributed by atoms with Crippen LogP contribution in [0.1, 0.15) is 6.42 Å². The molecule has 0 radical (unpaired) electrons. The van der Waals surface area contributed by atoms with Crippen LogP contribution in [0.15, 0.2) is 40.9 Å². The zero-order chi connectivity index (χ0) is 15.4. The van der Waals surface area contributed by atoms with Crippen LogP contribution in [0, 0.1) is 35.5 Å². The third-order valence-corrected chi connectivity index (χ3v) is 5.83. The van der Waals surface area contributed by atoms with E-state index in [1.807, 2.05) is 30.3 Å². The Balaban J connectivity index is 1.61. The minimum absolute atomic E-state index is 0.0192. The Kier molecular flexibility index (Phi) is 3.15. The van der Waals surface area contributed by atoms with Gasteiger partial charge in [-0.2, -0.15) is 0 Å². The summed E-state index contributed by atoms with van der Waals surface area (Å²) in [5.74, 6) is -1.00. The third kappa shape index (κ3) is 2.10. The molecule has 114 valence electrons. The quantitative estimate of drug-likeness (QED) is 0.812. The molecule has 4 nitrogen and oxygen atoms in total. The number of nitrogens with one attached hydrogen (secondary N) is 1. The van der Waals surface area contributed by atoms with Gasteiger partial charge in [-0.1, -0.05) is 34.1 Å². The molecule has 2 saturated carbocycles. The van der Waals surface area contributed by atoms with Gasteiger partial charge in [0, 0.05) is 10.2 Å². The van der Waals surface area contributed by atoms with Gasteiger partial charge in [0.2, 0.25) is 5.91 Å². The van der Waals surface area contributed by atoms with Crippen molar-refractivity contribution in [2.75, 3.05) is 5.32 Å². The summed E-state index contributed by atoms with van der Waals surface area (Å²) in [7, 11) is 0. The first kappa shape index (κ1) is 14.0. The number of carboxylic acid groups (broad SMARTS) is 1. The number of amides is 1. The molecule has 22 heavy (non-hydrogen) atoms. The molecule has 0 unspecified atom stereocenters. The number of anilines is 1. The molecule has 5 rings (SSSR count). The average molecular weight is 362 g/mol. The van der Waals surface area contributed by atoms with Crippen molar-refractivity contribution in [3.8, 4) is 0 Å². The van der Waals surface area contributed by atoms with E-state index in [1.54, 1.807) is 0 Å². The Morgan fingerprint density at radius 3 is 2.45 bits per heavy atom. The molecule has 6 atom stereocenters. The number of aliphatic carboxylic acids is 1. The maximum Gasteiger partial charge on any atom is 0.307 e. The first-order valence-corrected chi connectivity index (χ1v) is 8.33. The zero-order valence-corrected chi connectivity index (χ0v) is 13.4. The SMILES string of the molecule is O=C(O)[C@@H]1[C@H]2C=C[C@@H]([C@@H]3C[C@H]23)[C@H]1C(=O)Nc1cccc(Br)c1. The average Bonchev–Trinajstić information content (AvgIpc) is 3.28. The summed E-state index contributed by atoms with van der Waals surface area (Å²) >= 11 is 3.38. The summed E-state index contributed by atoms with van der Waals surface area (Å²) in [5.41, 5.74) is 0.696. The van der Waals surface area contributed by atoms with Gasteiger partial charge < -0.3 is 10.4 Å². The summed E-state index contributed by atoms with van der Waals surface area (Å²) in [6.45, 7) is 0. The van der Waals surface area contributed by atoms with Crippen LogP contribution < -0.4 is 5.32 Å². The van der Waals surface area contributed by atoms with E-state index in [-0.39, 0.29) is 17.7 Å². The lowest BCUT2D eigenvalue weighted by Crippen LogP contribution is -2.48. The largest absolute Gasteiger partial charge is 0.481 e. The van der Waals surface area contributed by atoms with Gasteiger partial charge in [0.15, 0.2) is 0 Å². The summed E-state index contributed by atoms with van der Waals surface area (Å²) in [5, 5.41) is 12.5. The maximum atomic E-state index is 12.7. The number of carbonyl (C=O) groups is 2. The van der Waals surface area contributed by atoms with Crippen LogP contribution in [0.5, 0.6) is 0 Å². The Labute approximate surface area is 136 Å². The standard InChI is InChI=1S/C17H16BrNO3/c18-8-2-1-3-9(6-8)19-16(20)14-10-4-5-11(13-7-12(10)13)15(14)17(21)22/h1-6,10-15H,7H2,(H,19,20)(H,21,22)/t10-,11-,12-,13+,14+,15+/m0/s1. The molecule has 0 spiro atoms. The summed E-state index contributed by atoms with van der Waals surface area (Å²) in [6.07, 6.45) is 5.16. The number of rotatable bonds is 3. The van der Waals surface area contributed by atoms with Crippen LogP contribution in [0.2, 0.25) is 0 Å². The number of halogens is 1. The van der Waals surface area contributed by atoms with Crippen molar-refractivity contribution in [3.63, 3.8) is 0 Å². The predicted octanol–water partition coefficient (Wildman–Crippen LogP) is 3.16. The van der Waals surface area contributed by atoms with Gasteiger partial charge in [-0.15, -0.1) is 0 Å². The smallest absolute Gasteiger partial charge is 0.307 e. The van der Waals surface area contributed by atoms with Gasteiger partial charge in [-0.3, -0.25) is 9.59 Å². The number of allylic oxidation sites excluding steroid dienone is 2. The number of benzene rings is 1. The molecular weight excluding hydrogens is 346 g/mol. The summed E-state index contributed by atoms with van der Waals surface area (Å²) in [6, 6.07) is 7.37. The Hall–Kier alpha value is -1.62. The van der Waals surface area contributed by atoms with Crippen LogP contribution in [-0.2, 0) is 9.59 Å². The molecule has 0 aromatic heterocycles. The van der Waals surface area contributed by atoms with E-state index >= 15 is 0 Å². The fourth-order valence-corrected chi connectivity index (χ4v) is 4.76. The molecule has 1 aromatic carbocycles. The fourth-order valence-electron chi connectivity index (χ4n) is 4.36. The van der Waals surface area contributed by atoms with E-state index in [2.05, 4.69) is 27.3 Å². The molecule has 2 fully saturated rings. The van der Waals surface area contributed by atoms with E-state index in [0.29, 0.717) is 17.5 Å². The molecular formula is C17H16BrNO3. The molecule has 0 heterocycles. The molecule has 1 amide bonds. The Morgan fingerprint density at radius 2 is 1.82 bits per heavy atom. The second-order valence-corrected chi connectivity index (χ2v) is 7.41. The number of carboxylic acids is 1. The lowest BCUT2D eigenvalue weighted by Gasteiger charge is -2.41. The minimum atomic E-state index is -0.848. The number of hydrogen-bond donors (Lipinski definition) is 2. The number of carbonyl (C=O) groups excluding carboxylic acids is 1. The van der Waals surface area contributed by atoms with Crippen molar-refractivity contribution < 1.29 is 14.7 Å². The van der Waals surface area contributed by atoms with Crippen LogP contribution in [0.25, 0.3) is 0 Å². The molecule has 0 aliphatic heterocycles. The Bertz CT molecular complexity index is 686. The molecule has 2 N–H and O–H groups in total. The Morgan fingerprint density at radius 1 is 1.14 bits per heavy atom. The van der Waals surface area contributed by atoms with Gasteiger partial charge in [0.05, 0.1) is 11.8 Å². The molecule has 0 saturated heterocycles. The van der Waals surface area contributed by atoms with E-state index in [0.717, 1.165) is 10.9 Å². The van der Waals surface area contributed by atoms with Crippen molar-refractivity contribution in [1.82, 2.24) is 0 Å². The van der Waals surface area contributed by atoms with Gasteiger partial charge in [-0.25, -0.2) is 0 Å². The van der Waals surface area contributed by atoms with Crippen LogP contribution in [0.4, 0.5) is 5.69 Å². The lowest BCUT2D eigenvalue weighted by atomic mass is 9.62. The zero-order valence-electron chi connectivity index (χ0n) is 11.8. The van der Waals surface area contributed by atoms with Crippen molar-refractivity contribution in [2.24, 2.45) is 35.5 Å². The van der Waals surface area contributed by atoms with Crippen molar-refractivity contribution >= 4 is 33.5 Å². The van der Waals surface area contributed by atoms with Crippen molar-refractivity contribution in [1.29, 1.82) is 0 Å². The van der Waals surface area contributed by atoms with Crippen LogP contribution >= 0.6 is 15.9 Å². The van der Waals surface area contributed by atoms with E-state index in [4.69, 9.17) is 0 Å². The third-order valence-electron chi connectivity index (χ3n) is 5.33. The first-order chi connectivity index (χ1) is 10.6. The van der Waals surface area contributed by atoms with Gasteiger partial charge >= 0.3 is 5.97 Å². The highest BCUT2D eigenvalue weighted by molar-refractivity contribution is 9.10. The topological polar surface area (TPSA) is 66.4 Å². The normalized spacial score (nSPS) is 37.5.